The molecule has 2 N–H and O–H groups in total. The monoisotopic (exact) mass is 519 g/mol. The predicted molar refractivity (Wildman–Crippen MR) is 138 cm³/mol. The largest absolute Gasteiger partial charge is 0.476 e. The van der Waals surface area contributed by atoms with Crippen molar-refractivity contribution in [2.45, 2.75) is 50.0 Å². The summed E-state index contributed by atoms with van der Waals surface area (Å²) in [5, 5.41) is 22.2. The number of nitrogens with zero attached hydrogens (tertiary/aromatic N) is 6. The highest BCUT2D eigenvalue weighted by Gasteiger charge is 2.71. The van der Waals surface area contributed by atoms with Crippen LogP contribution >= 0.6 is 11.6 Å². The third kappa shape index (κ3) is 3.46. The standard InChI is InChI=1S/C26H26ClN7O3/c1-13-7-15(14(2)29-17-5-6-19(27)30-21(17)23(36)37)20-16(8-13)22(35)33(3)24(31-20)26-10-25(11-26,12-26)18-9-28-34(4)32-18/h5-9,14,29H,10-12H2,1-4H3,(H,36,37)/t14-,25?,26?/m1/s1. The van der Waals surface area contributed by atoms with E-state index in [2.05, 4.69) is 20.5 Å². The van der Waals surface area contributed by atoms with Crippen LogP contribution in [0.15, 0.2) is 35.3 Å². The van der Waals surface area contributed by atoms with Crippen LogP contribution in [0.25, 0.3) is 10.9 Å². The normalized spacial score (nSPS) is 22.8. The molecule has 4 aromatic rings. The molecule has 1 aromatic carbocycles. The zero-order chi connectivity index (χ0) is 26.3. The fraction of sp³-hybridized carbons (Fsp3) is 0.385. The van der Waals surface area contributed by atoms with Crippen molar-refractivity contribution in [3.63, 3.8) is 0 Å². The van der Waals surface area contributed by atoms with Gasteiger partial charge in [0.1, 0.15) is 11.0 Å². The Morgan fingerprint density at radius 2 is 1.89 bits per heavy atom. The number of aryl methyl sites for hydroxylation is 2. The Kier molecular flexibility index (Phi) is 5.01. The van der Waals surface area contributed by atoms with Crippen LogP contribution in [0.2, 0.25) is 5.15 Å². The number of benzene rings is 1. The van der Waals surface area contributed by atoms with Gasteiger partial charge in [-0.2, -0.15) is 15.0 Å². The minimum atomic E-state index is -1.18. The molecule has 0 radical (unpaired) electrons. The molecule has 3 aliphatic carbocycles. The molecule has 3 fully saturated rings. The maximum Gasteiger partial charge on any atom is 0.356 e. The predicted octanol–water partition coefficient (Wildman–Crippen LogP) is 3.66. The molecular formula is C26H26ClN7O3. The van der Waals surface area contributed by atoms with E-state index in [9.17, 15) is 14.7 Å². The summed E-state index contributed by atoms with van der Waals surface area (Å²) in [7, 11) is 3.61. The summed E-state index contributed by atoms with van der Waals surface area (Å²) >= 11 is 5.92. The topological polar surface area (TPSA) is 128 Å². The minimum Gasteiger partial charge on any atom is -0.476 e. The zero-order valence-corrected chi connectivity index (χ0v) is 21.7. The number of rotatable bonds is 6. The second kappa shape index (κ2) is 7.85. The van der Waals surface area contributed by atoms with Gasteiger partial charge in [0.05, 0.1) is 34.5 Å². The SMILES string of the molecule is Cc1cc([C@@H](C)Nc2ccc(Cl)nc2C(=O)O)c2nc(C34CC(c5cnn(C)n5)(C3)C4)n(C)c(=O)c2c1. The fourth-order valence-electron chi connectivity index (χ4n) is 6.27. The number of nitrogens with one attached hydrogen (secondary N) is 1. The van der Waals surface area contributed by atoms with Gasteiger partial charge in [-0.25, -0.2) is 14.8 Å². The van der Waals surface area contributed by atoms with Gasteiger partial charge in [0.25, 0.3) is 5.56 Å². The van der Waals surface area contributed by atoms with Gasteiger partial charge in [-0.3, -0.25) is 9.36 Å². The highest BCUT2D eigenvalue weighted by atomic mass is 35.5. The van der Waals surface area contributed by atoms with Crippen molar-refractivity contribution in [1.29, 1.82) is 0 Å². The maximum absolute atomic E-state index is 13.5. The van der Waals surface area contributed by atoms with Crippen molar-refractivity contribution in [2.75, 3.05) is 5.32 Å². The van der Waals surface area contributed by atoms with E-state index < -0.39 is 5.97 Å². The smallest absolute Gasteiger partial charge is 0.356 e. The highest BCUT2D eigenvalue weighted by Crippen LogP contribution is 2.73. The summed E-state index contributed by atoms with van der Waals surface area (Å²) in [6.07, 6.45) is 4.49. The fourth-order valence-corrected chi connectivity index (χ4v) is 6.42. The average molecular weight is 520 g/mol. The third-order valence-electron chi connectivity index (χ3n) is 7.90. The molecule has 3 aromatic heterocycles. The van der Waals surface area contributed by atoms with Gasteiger partial charge in [0, 0.05) is 30.5 Å². The number of hydrogen-bond acceptors (Lipinski definition) is 7. The van der Waals surface area contributed by atoms with Crippen LogP contribution in [0, 0.1) is 6.92 Å². The van der Waals surface area contributed by atoms with E-state index in [-0.39, 0.29) is 33.3 Å². The molecule has 2 bridgehead atoms. The zero-order valence-electron chi connectivity index (χ0n) is 20.9. The average Bonchev–Trinajstić information content (AvgIpc) is 3.22. The molecule has 7 rings (SSSR count). The number of carbonyl (C=O) groups is 1. The Labute approximate surface area is 217 Å². The van der Waals surface area contributed by atoms with Crippen LogP contribution in [0.5, 0.6) is 0 Å². The summed E-state index contributed by atoms with van der Waals surface area (Å²) in [6.45, 7) is 3.85. The number of fused-ring (bicyclic) bond motifs is 1. The van der Waals surface area contributed by atoms with Crippen LogP contribution in [0.4, 0.5) is 5.69 Å². The molecule has 37 heavy (non-hydrogen) atoms. The number of carboxylic acid groups (broad SMARTS) is 1. The van der Waals surface area contributed by atoms with Gasteiger partial charge in [-0.1, -0.05) is 17.7 Å². The lowest BCUT2D eigenvalue weighted by molar-refractivity contribution is -0.0808. The molecule has 190 valence electrons. The van der Waals surface area contributed by atoms with Gasteiger partial charge in [-0.05, 0) is 56.9 Å². The lowest BCUT2D eigenvalue weighted by Gasteiger charge is -2.69. The number of pyridine rings is 1. The van der Waals surface area contributed by atoms with Crippen LogP contribution < -0.4 is 10.9 Å². The van der Waals surface area contributed by atoms with Gasteiger partial charge in [0.15, 0.2) is 5.69 Å². The molecule has 1 atom stereocenters. The number of halogens is 1. The number of anilines is 1. The Morgan fingerprint density at radius 3 is 2.54 bits per heavy atom. The molecular weight excluding hydrogens is 494 g/mol. The van der Waals surface area contributed by atoms with Crippen molar-refractivity contribution >= 4 is 34.2 Å². The third-order valence-corrected chi connectivity index (χ3v) is 8.11. The highest BCUT2D eigenvalue weighted by molar-refractivity contribution is 6.29. The van der Waals surface area contributed by atoms with E-state index >= 15 is 0 Å². The van der Waals surface area contributed by atoms with Crippen molar-refractivity contribution < 1.29 is 9.90 Å². The van der Waals surface area contributed by atoms with Gasteiger partial charge < -0.3 is 10.4 Å². The molecule has 0 aliphatic heterocycles. The van der Waals surface area contributed by atoms with Crippen molar-refractivity contribution in [2.24, 2.45) is 14.1 Å². The van der Waals surface area contributed by atoms with Crippen molar-refractivity contribution in [3.8, 4) is 0 Å². The van der Waals surface area contributed by atoms with E-state index in [1.54, 1.807) is 28.5 Å². The summed E-state index contributed by atoms with van der Waals surface area (Å²) in [6, 6.07) is 6.64. The molecule has 11 heteroatoms. The van der Waals surface area contributed by atoms with Crippen LogP contribution in [-0.2, 0) is 24.9 Å². The lowest BCUT2D eigenvalue weighted by Crippen LogP contribution is -2.68. The van der Waals surface area contributed by atoms with E-state index in [0.717, 1.165) is 41.9 Å². The maximum atomic E-state index is 13.5. The Hall–Kier alpha value is -3.79. The van der Waals surface area contributed by atoms with Gasteiger partial charge >= 0.3 is 5.97 Å². The number of carboxylic acids is 1. The van der Waals surface area contributed by atoms with Crippen LogP contribution in [-0.4, -0.2) is 40.6 Å². The van der Waals surface area contributed by atoms with Crippen molar-refractivity contribution in [3.05, 3.63) is 74.3 Å². The Morgan fingerprint density at radius 1 is 1.16 bits per heavy atom. The molecule has 3 heterocycles. The molecule has 0 amide bonds. The molecule has 0 spiro atoms. The molecule has 3 aliphatic rings. The van der Waals surface area contributed by atoms with Gasteiger partial charge in [0.2, 0.25) is 0 Å². The number of aromatic nitrogens is 6. The number of aromatic carboxylic acids is 1. The second-order valence-corrected chi connectivity index (χ2v) is 10.9. The summed E-state index contributed by atoms with van der Waals surface area (Å²) in [5.74, 6) is -0.395. The summed E-state index contributed by atoms with van der Waals surface area (Å²) in [5.41, 5.74) is 3.31. The van der Waals surface area contributed by atoms with Crippen molar-refractivity contribution in [1.82, 2.24) is 29.5 Å². The first-order valence-corrected chi connectivity index (χ1v) is 12.4. The van der Waals surface area contributed by atoms with Gasteiger partial charge in [-0.15, -0.1) is 0 Å². The first-order chi connectivity index (χ1) is 17.5. The first kappa shape index (κ1) is 23.6. The quantitative estimate of drug-likeness (QED) is 0.369. The number of hydrogen-bond donors (Lipinski definition) is 2. The first-order valence-electron chi connectivity index (χ1n) is 12.1. The van der Waals surface area contributed by atoms with E-state index in [1.165, 1.54) is 0 Å². The lowest BCUT2D eigenvalue weighted by atomic mass is 9.34. The Balaban J connectivity index is 1.40. The summed E-state index contributed by atoms with van der Waals surface area (Å²) in [4.78, 5) is 35.9. The molecule has 3 saturated carbocycles. The van der Waals surface area contributed by atoms with E-state index in [0.29, 0.717) is 16.6 Å². The van der Waals surface area contributed by atoms with Crippen LogP contribution in [0.3, 0.4) is 0 Å². The molecule has 0 unspecified atom stereocenters. The molecule has 10 nitrogen and oxygen atoms in total. The minimum absolute atomic E-state index is 0.0146. The van der Waals surface area contributed by atoms with E-state index in [1.807, 2.05) is 39.2 Å². The van der Waals surface area contributed by atoms with E-state index in [4.69, 9.17) is 16.6 Å². The molecule has 0 saturated heterocycles. The van der Waals surface area contributed by atoms with Crippen LogP contribution in [0.1, 0.15) is 65.4 Å². The summed E-state index contributed by atoms with van der Waals surface area (Å²) < 4.78 is 1.69. The Bertz CT molecular complexity index is 1660. The second-order valence-electron chi connectivity index (χ2n) is 10.6.